The Balaban J connectivity index is 1.69. The lowest BCUT2D eigenvalue weighted by Crippen LogP contribution is -2.49. The van der Waals surface area contributed by atoms with Gasteiger partial charge in [0.15, 0.2) is 5.78 Å². The van der Waals surface area contributed by atoms with Gasteiger partial charge in [0.25, 0.3) is 0 Å². The summed E-state index contributed by atoms with van der Waals surface area (Å²) in [6.07, 6.45) is -2.75. The maximum atomic E-state index is 13.6. The van der Waals surface area contributed by atoms with E-state index >= 15 is 0 Å². The van der Waals surface area contributed by atoms with Gasteiger partial charge in [0, 0.05) is 32.6 Å². The zero-order valence-corrected chi connectivity index (χ0v) is 25.4. The van der Waals surface area contributed by atoms with Gasteiger partial charge in [0.05, 0.1) is 23.2 Å². The van der Waals surface area contributed by atoms with Crippen LogP contribution in [0.4, 0.5) is 13.2 Å². The van der Waals surface area contributed by atoms with Crippen LogP contribution in [0.1, 0.15) is 55.4 Å². The molecule has 0 saturated carbocycles. The van der Waals surface area contributed by atoms with Gasteiger partial charge in [0.2, 0.25) is 5.91 Å². The molecule has 0 aromatic heterocycles. The van der Waals surface area contributed by atoms with E-state index in [4.69, 9.17) is 21.9 Å². The first-order valence-electron chi connectivity index (χ1n) is 14.9. The number of aryl methyl sites for hydroxylation is 1. The number of Topliss-reactive ketones (excluding diaryl/α,β-unsaturated/α-hetero) is 1. The van der Waals surface area contributed by atoms with E-state index in [2.05, 4.69) is 10.2 Å². The van der Waals surface area contributed by atoms with Crippen molar-refractivity contribution in [3.8, 4) is 0 Å². The topological polar surface area (TPSA) is 137 Å². The summed E-state index contributed by atoms with van der Waals surface area (Å²) in [7, 11) is 0. The molecule has 236 valence electrons. The Morgan fingerprint density at radius 2 is 1.63 bits per heavy atom. The molecular formula is C31H45BF3N5O3. The van der Waals surface area contributed by atoms with Gasteiger partial charge in [-0.2, -0.15) is 13.2 Å². The molecule has 0 aliphatic carbocycles. The van der Waals surface area contributed by atoms with Gasteiger partial charge in [-0.05, 0) is 80.4 Å². The highest BCUT2D eigenvalue weighted by molar-refractivity contribution is 6.67. The molecule has 1 aliphatic heterocycles. The highest BCUT2D eigenvalue weighted by Crippen LogP contribution is 2.31. The third kappa shape index (κ3) is 9.87. The molecule has 0 saturated heterocycles. The maximum Gasteiger partial charge on any atom is 0.416 e. The molecule has 2 atom stereocenters. The number of amides is 1. The van der Waals surface area contributed by atoms with Crippen molar-refractivity contribution in [3.63, 3.8) is 0 Å². The normalized spacial score (nSPS) is 15.8. The Hall–Kier alpha value is -2.77. The molecule has 43 heavy (non-hydrogen) atoms. The average molecular weight is 604 g/mol. The van der Waals surface area contributed by atoms with E-state index in [9.17, 15) is 22.8 Å². The second kappa shape index (κ2) is 15.3. The molecule has 0 unspecified atom stereocenters. The molecule has 2 aromatic rings. The first-order valence-corrected chi connectivity index (χ1v) is 14.9. The van der Waals surface area contributed by atoms with Crippen LogP contribution in [0.5, 0.6) is 0 Å². The average Bonchev–Trinajstić information content (AvgIpc) is 3.17. The maximum absolute atomic E-state index is 13.6. The number of nitrogens with one attached hydrogen (secondary N) is 1. The van der Waals surface area contributed by atoms with Gasteiger partial charge in [-0.3, -0.25) is 9.59 Å². The van der Waals surface area contributed by atoms with Crippen LogP contribution in [0.3, 0.4) is 0 Å². The second-order valence-corrected chi connectivity index (χ2v) is 11.8. The molecule has 0 bridgehead atoms. The van der Waals surface area contributed by atoms with Crippen LogP contribution in [0.2, 0.25) is 6.82 Å². The Bertz CT molecular complexity index is 1220. The summed E-state index contributed by atoms with van der Waals surface area (Å²) in [5.74, 6) is -0.636. The number of carbonyl (C=O) groups excluding carboxylic acids is 2. The third-order valence-electron chi connectivity index (χ3n) is 7.98. The second-order valence-electron chi connectivity index (χ2n) is 11.8. The van der Waals surface area contributed by atoms with Crippen molar-refractivity contribution in [3.05, 3.63) is 64.7 Å². The van der Waals surface area contributed by atoms with E-state index in [0.717, 1.165) is 28.7 Å². The molecule has 12 heteroatoms. The Morgan fingerprint density at radius 3 is 2.23 bits per heavy atom. The summed E-state index contributed by atoms with van der Waals surface area (Å²) < 4.78 is 45.1. The van der Waals surface area contributed by atoms with Gasteiger partial charge < -0.3 is 32.1 Å². The molecule has 1 aliphatic rings. The van der Waals surface area contributed by atoms with Crippen molar-refractivity contribution >= 4 is 24.1 Å². The lowest BCUT2D eigenvalue weighted by molar-refractivity contribution is -0.137. The van der Waals surface area contributed by atoms with Crippen LogP contribution in [0.15, 0.2) is 42.5 Å². The molecule has 1 amide bonds. The van der Waals surface area contributed by atoms with Gasteiger partial charge in [0.1, 0.15) is 0 Å². The number of alkyl halides is 3. The number of ketones is 1. The van der Waals surface area contributed by atoms with Crippen molar-refractivity contribution in [1.29, 1.82) is 0 Å². The number of nitrogens with zero attached hydrogens (tertiary/aromatic N) is 1. The number of rotatable bonds is 16. The highest BCUT2D eigenvalue weighted by atomic mass is 19.4. The number of nitrogens with two attached hydrogens (primary N) is 3. The van der Waals surface area contributed by atoms with Crippen LogP contribution < -0.4 is 28.0 Å². The highest BCUT2D eigenvalue weighted by Gasteiger charge is 2.38. The quantitative estimate of drug-likeness (QED) is 0.216. The predicted octanol–water partition coefficient (Wildman–Crippen LogP) is 2.36. The molecule has 2 aromatic carbocycles. The first kappa shape index (κ1) is 34.7. The fraction of sp³-hybridized carbons (Fsp3) is 0.548. The fourth-order valence-corrected chi connectivity index (χ4v) is 5.63. The van der Waals surface area contributed by atoms with Crippen molar-refractivity contribution in [2.45, 2.75) is 76.6 Å². The SMILES string of the molecule is CB1OC(C)(C)c2ccc(CC(=O)[C@@H](CCc3ccc(C(F)(F)F)cc3)NC(=O)[C@@H](N)CCCN(CCN)CCN)cc21. The van der Waals surface area contributed by atoms with E-state index in [1.165, 1.54) is 12.1 Å². The lowest BCUT2D eigenvalue weighted by atomic mass is 9.63. The van der Waals surface area contributed by atoms with E-state index in [0.29, 0.717) is 57.5 Å². The summed E-state index contributed by atoms with van der Waals surface area (Å²) in [4.78, 5) is 28.8. The molecule has 0 fully saturated rings. The Morgan fingerprint density at radius 1 is 1.00 bits per heavy atom. The number of fused-ring (bicyclic) bond motifs is 1. The minimum atomic E-state index is -4.43. The number of hydrogen-bond acceptors (Lipinski definition) is 7. The summed E-state index contributed by atoms with van der Waals surface area (Å²) in [6.45, 7) is 8.97. The smallest absolute Gasteiger partial charge is 0.416 e. The van der Waals surface area contributed by atoms with Gasteiger partial charge in [-0.15, -0.1) is 0 Å². The van der Waals surface area contributed by atoms with Crippen molar-refractivity contribution in [1.82, 2.24) is 10.2 Å². The number of benzene rings is 2. The van der Waals surface area contributed by atoms with E-state index < -0.39 is 35.3 Å². The largest absolute Gasteiger partial charge is 0.422 e. The van der Waals surface area contributed by atoms with Crippen LogP contribution in [-0.4, -0.2) is 68.3 Å². The van der Waals surface area contributed by atoms with Crippen LogP contribution in [-0.2, 0) is 38.9 Å². The molecule has 1 heterocycles. The van der Waals surface area contributed by atoms with Crippen molar-refractivity contribution < 1.29 is 27.4 Å². The molecular weight excluding hydrogens is 558 g/mol. The lowest BCUT2D eigenvalue weighted by Gasteiger charge is -2.23. The molecule has 3 rings (SSSR count). The third-order valence-corrected chi connectivity index (χ3v) is 7.98. The van der Waals surface area contributed by atoms with Crippen molar-refractivity contribution in [2.75, 3.05) is 32.7 Å². The van der Waals surface area contributed by atoms with Crippen LogP contribution in [0.25, 0.3) is 0 Å². The first-order chi connectivity index (χ1) is 20.2. The number of hydrogen-bond donors (Lipinski definition) is 4. The number of halogens is 3. The minimum absolute atomic E-state index is 0.0841. The minimum Gasteiger partial charge on any atom is -0.422 e. The Kier molecular flexibility index (Phi) is 12.4. The van der Waals surface area contributed by atoms with Crippen LogP contribution in [0, 0.1) is 0 Å². The molecule has 8 nitrogen and oxygen atoms in total. The molecule has 0 spiro atoms. The van der Waals surface area contributed by atoms with E-state index in [1.54, 1.807) is 0 Å². The summed E-state index contributed by atoms with van der Waals surface area (Å²) in [6, 6.07) is 9.02. The van der Waals surface area contributed by atoms with Crippen molar-refractivity contribution in [2.24, 2.45) is 17.2 Å². The van der Waals surface area contributed by atoms with E-state index in [1.807, 2.05) is 38.9 Å². The summed E-state index contributed by atoms with van der Waals surface area (Å²) >= 11 is 0. The standard InChI is InChI=1S/C31H45BF3N5O3/c1-30(2)24-12-8-22(19-25(24)32(3)43-30)20-28(41)27(13-9-21-6-10-23(11-7-21)31(33,34)35)39-29(42)26(38)5-4-16-40(17-14-36)18-15-37/h6-8,10-12,19,26-27H,4-5,9,13-18,20,36-38H2,1-3H3,(H,39,42)/t26-,27+/m0/s1. The Labute approximate surface area is 253 Å². The molecule has 0 radical (unpaired) electrons. The fourth-order valence-electron chi connectivity index (χ4n) is 5.63. The number of carbonyl (C=O) groups is 2. The summed E-state index contributed by atoms with van der Waals surface area (Å²) in [5.41, 5.74) is 19.9. The summed E-state index contributed by atoms with van der Waals surface area (Å²) in [5, 5.41) is 2.83. The van der Waals surface area contributed by atoms with Gasteiger partial charge in [-0.1, -0.05) is 37.2 Å². The van der Waals surface area contributed by atoms with E-state index in [-0.39, 0.29) is 25.5 Å². The molecule has 7 N–H and O–H groups in total. The monoisotopic (exact) mass is 603 g/mol. The van der Waals surface area contributed by atoms with Gasteiger partial charge >= 0.3 is 13.1 Å². The predicted molar refractivity (Wildman–Crippen MR) is 164 cm³/mol. The van der Waals surface area contributed by atoms with Crippen LogP contribution >= 0.6 is 0 Å². The zero-order valence-electron chi connectivity index (χ0n) is 25.4. The van der Waals surface area contributed by atoms with Gasteiger partial charge in [-0.25, -0.2) is 0 Å². The zero-order chi connectivity index (χ0) is 31.8.